The highest BCUT2D eigenvalue weighted by atomic mass is 35.7. The predicted octanol–water partition coefficient (Wildman–Crippen LogP) is 9.45. The Labute approximate surface area is 324 Å². The molecule has 11 nitrogen and oxygen atoms in total. The van der Waals surface area contributed by atoms with Crippen molar-refractivity contribution in [2.75, 3.05) is 5.73 Å². The Balaban J connectivity index is 0.000000206. The van der Waals surface area contributed by atoms with E-state index in [0.717, 1.165) is 77.4 Å². The molecule has 4 N–H and O–H groups in total. The van der Waals surface area contributed by atoms with Crippen LogP contribution in [0.25, 0.3) is 20.9 Å². The van der Waals surface area contributed by atoms with Gasteiger partial charge in [0.1, 0.15) is 0 Å². The average molecular weight is 802 g/mol. The van der Waals surface area contributed by atoms with Gasteiger partial charge in [0.05, 0.1) is 36.9 Å². The van der Waals surface area contributed by atoms with Crippen LogP contribution in [0.15, 0.2) is 65.8 Å². The van der Waals surface area contributed by atoms with Crippen LogP contribution in [0.1, 0.15) is 101 Å². The minimum Gasteiger partial charge on any atom is -0.447 e. The van der Waals surface area contributed by atoms with E-state index in [1.165, 1.54) is 22.4 Å². The second kappa shape index (κ2) is 18.5. The maximum Gasteiger partial charge on any atom is 0.407 e. The van der Waals surface area contributed by atoms with Crippen LogP contribution in [0.2, 0.25) is 0 Å². The van der Waals surface area contributed by atoms with Crippen molar-refractivity contribution < 1.29 is 27.5 Å². The smallest absolute Gasteiger partial charge is 0.407 e. The minimum atomic E-state index is -3.83. The summed E-state index contributed by atoms with van der Waals surface area (Å²) in [6.45, 7) is 7.36. The van der Waals surface area contributed by atoms with Gasteiger partial charge in [0.2, 0.25) is 0 Å². The normalized spacial score (nSPS) is 20.3. The first-order valence-electron chi connectivity index (χ1n) is 18.0. The Morgan fingerprint density at radius 2 is 1.13 bits per heavy atom. The van der Waals surface area contributed by atoms with E-state index in [9.17, 15) is 18.0 Å². The highest BCUT2D eigenvalue weighted by molar-refractivity contribution is 8.13. The summed E-state index contributed by atoms with van der Waals surface area (Å²) >= 11 is 3.23. The Bertz CT molecular complexity index is 1930. The van der Waals surface area contributed by atoms with E-state index in [4.69, 9.17) is 25.9 Å². The lowest BCUT2D eigenvalue weighted by Gasteiger charge is -2.28. The minimum absolute atomic E-state index is 0.0875. The van der Waals surface area contributed by atoms with Gasteiger partial charge in [0, 0.05) is 63.8 Å². The number of aromatic nitrogens is 2. The van der Waals surface area contributed by atoms with E-state index in [0.29, 0.717) is 17.4 Å². The molecule has 2 aliphatic carbocycles. The van der Waals surface area contributed by atoms with E-state index in [-0.39, 0.29) is 41.4 Å². The molecule has 2 amide bonds. The molecular weight excluding hydrogens is 754 g/mol. The van der Waals surface area contributed by atoms with Gasteiger partial charge in [0.25, 0.3) is 9.05 Å². The second-order valence-corrected chi connectivity index (χ2v) is 18.6. The lowest BCUT2D eigenvalue weighted by molar-refractivity contribution is 0.108. The highest BCUT2D eigenvalue weighted by Crippen LogP contribution is 2.41. The number of alkyl carbamates (subject to hydrolysis) is 2. The molecule has 0 radical (unpaired) electrons. The molecule has 0 saturated heterocycles. The molecule has 2 saturated carbocycles. The van der Waals surface area contributed by atoms with Crippen molar-refractivity contribution in [3.63, 3.8) is 0 Å². The van der Waals surface area contributed by atoms with Crippen molar-refractivity contribution >= 4 is 60.3 Å². The third-order valence-electron chi connectivity index (χ3n) is 9.17. The Morgan fingerprint density at radius 1 is 0.717 bits per heavy atom. The lowest BCUT2D eigenvalue weighted by atomic mass is 9.86. The van der Waals surface area contributed by atoms with Gasteiger partial charge in [-0.3, -0.25) is 0 Å². The molecule has 2 aromatic carbocycles. The van der Waals surface area contributed by atoms with Crippen LogP contribution >= 0.6 is 33.4 Å². The van der Waals surface area contributed by atoms with Crippen LogP contribution in [0.4, 0.5) is 15.3 Å². The number of thiazole rings is 2. The fourth-order valence-corrected chi connectivity index (χ4v) is 10.0. The summed E-state index contributed by atoms with van der Waals surface area (Å²) in [7, 11) is 1.74. The molecule has 15 heteroatoms. The van der Waals surface area contributed by atoms with Gasteiger partial charge in [-0.2, -0.15) is 0 Å². The van der Waals surface area contributed by atoms with Gasteiger partial charge >= 0.3 is 12.2 Å². The number of rotatable bonds is 9. The zero-order chi connectivity index (χ0) is 38.1. The maximum absolute atomic E-state index is 11.8. The van der Waals surface area contributed by atoms with E-state index >= 15 is 0 Å². The summed E-state index contributed by atoms with van der Waals surface area (Å²) in [6, 6.07) is 14.9. The van der Waals surface area contributed by atoms with Crippen LogP contribution in [-0.2, 0) is 18.5 Å². The summed E-state index contributed by atoms with van der Waals surface area (Å²) in [4.78, 5) is 34.6. The standard InChI is InChI=1S/C19H23ClN2O4S2.C19H25N3O2S/c1-12(2)26-19(23)22-14-9-7-13(8-10-14)18-21-11-16(27-18)15-5-3-4-6-17(15)28(20,24)25;1-12(2)24-19(23)22-14-9-7-13(8-10-14)18-21-11-17(25-18)15-5-3-4-6-16(15)20/h3-6,11-14H,7-10H2,1-2H3,(H,22,23);3-6,11-14H,7-10,20H2,1-2H3,(H,22,23). The van der Waals surface area contributed by atoms with Crippen LogP contribution in [0.5, 0.6) is 0 Å². The summed E-state index contributed by atoms with van der Waals surface area (Å²) in [5, 5.41) is 8.04. The molecular formula is C38H48ClN5O6S3. The van der Waals surface area contributed by atoms with Crippen molar-refractivity contribution in [3.05, 3.63) is 70.9 Å². The van der Waals surface area contributed by atoms with Crippen molar-refractivity contribution in [3.8, 4) is 20.9 Å². The molecule has 2 heterocycles. The van der Waals surface area contributed by atoms with Gasteiger partial charge in [-0.05, 0) is 91.2 Å². The van der Waals surface area contributed by atoms with E-state index in [2.05, 4.69) is 20.6 Å². The molecule has 4 aromatic rings. The molecule has 0 bridgehead atoms. The zero-order valence-electron chi connectivity index (χ0n) is 30.4. The van der Waals surface area contributed by atoms with Gasteiger partial charge in [-0.25, -0.2) is 28.0 Å². The zero-order valence-corrected chi connectivity index (χ0v) is 33.6. The molecule has 6 rings (SSSR count). The molecule has 2 fully saturated rings. The number of nitrogens with zero attached hydrogens (tertiary/aromatic N) is 2. The Hall–Kier alpha value is -3.72. The number of nitrogens with one attached hydrogen (secondary N) is 2. The van der Waals surface area contributed by atoms with E-state index in [1.54, 1.807) is 35.7 Å². The number of carbonyl (C=O) groups is 2. The molecule has 2 aliphatic rings. The summed E-state index contributed by atoms with van der Waals surface area (Å²) in [5.41, 5.74) is 8.48. The number of carbonyl (C=O) groups excluding carboxylic acids is 2. The SMILES string of the molecule is CC(C)OC(=O)NC1CCC(c2ncc(-c3ccccc3N)s2)CC1.CC(C)OC(=O)NC1CCC(c2ncc(-c3ccccc3S(=O)(=O)Cl)s2)CC1. The third-order valence-corrected chi connectivity index (χ3v) is 12.9. The van der Waals surface area contributed by atoms with Crippen LogP contribution in [0, 0.1) is 0 Å². The molecule has 53 heavy (non-hydrogen) atoms. The van der Waals surface area contributed by atoms with Crippen molar-refractivity contribution in [2.24, 2.45) is 0 Å². The number of hydrogen-bond acceptors (Lipinski definition) is 11. The maximum atomic E-state index is 11.8. The monoisotopic (exact) mass is 801 g/mol. The fraction of sp³-hybridized carbons (Fsp3) is 0.474. The molecule has 0 unspecified atom stereocenters. The summed E-state index contributed by atoms with van der Waals surface area (Å²) < 4.78 is 34.0. The quantitative estimate of drug-likeness (QED) is 0.111. The fourth-order valence-electron chi connectivity index (χ4n) is 6.60. The molecule has 0 aliphatic heterocycles. The number of hydrogen-bond donors (Lipinski definition) is 3. The molecule has 0 spiro atoms. The van der Waals surface area contributed by atoms with Crippen molar-refractivity contribution in [1.82, 2.24) is 20.6 Å². The number of nitrogens with two attached hydrogens (primary N) is 1. The van der Waals surface area contributed by atoms with Crippen LogP contribution in [-0.4, -0.2) is 54.9 Å². The number of ether oxygens (including phenoxy) is 2. The first kappa shape index (κ1) is 40.5. The summed E-state index contributed by atoms with van der Waals surface area (Å²) in [6.07, 6.45) is 10.3. The van der Waals surface area contributed by atoms with Crippen molar-refractivity contribution in [2.45, 2.75) is 120 Å². The van der Waals surface area contributed by atoms with E-state index in [1.807, 2.05) is 58.2 Å². The largest absolute Gasteiger partial charge is 0.447 e. The number of nitrogen functional groups attached to an aromatic ring is 1. The average Bonchev–Trinajstić information content (AvgIpc) is 3.80. The first-order chi connectivity index (χ1) is 25.3. The van der Waals surface area contributed by atoms with E-state index < -0.39 is 9.05 Å². The van der Waals surface area contributed by atoms with Gasteiger partial charge in [0.15, 0.2) is 0 Å². The highest BCUT2D eigenvalue weighted by Gasteiger charge is 2.28. The van der Waals surface area contributed by atoms with Crippen molar-refractivity contribution in [1.29, 1.82) is 0 Å². The first-order valence-corrected chi connectivity index (χ1v) is 22.0. The summed E-state index contributed by atoms with van der Waals surface area (Å²) in [5.74, 6) is 0.764. The predicted molar refractivity (Wildman–Crippen MR) is 212 cm³/mol. The van der Waals surface area contributed by atoms with Gasteiger partial charge < -0.3 is 25.8 Å². The molecule has 2 aromatic heterocycles. The topological polar surface area (TPSA) is 163 Å². The lowest BCUT2D eigenvalue weighted by Crippen LogP contribution is -2.38. The number of benzene rings is 2. The Morgan fingerprint density at radius 3 is 1.57 bits per heavy atom. The number of anilines is 1. The van der Waals surface area contributed by atoms with Gasteiger partial charge in [-0.15, -0.1) is 22.7 Å². The second-order valence-electron chi connectivity index (χ2n) is 13.9. The Kier molecular flexibility index (Phi) is 14.2. The van der Waals surface area contributed by atoms with Crippen LogP contribution in [0.3, 0.4) is 0 Å². The molecule has 286 valence electrons. The number of amides is 2. The van der Waals surface area contributed by atoms with Gasteiger partial charge in [-0.1, -0.05) is 36.4 Å². The van der Waals surface area contributed by atoms with Crippen LogP contribution < -0.4 is 16.4 Å². The molecule has 0 atom stereocenters. The third kappa shape index (κ3) is 11.6. The number of halogens is 1. The number of para-hydroxylation sites is 1.